The molecular formula is C35H42O. The summed E-state index contributed by atoms with van der Waals surface area (Å²) in [6.45, 7) is 8.43. The van der Waals surface area contributed by atoms with Gasteiger partial charge in [0.05, 0.1) is 0 Å². The third-order valence-electron chi connectivity index (χ3n) is 6.51. The van der Waals surface area contributed by atoms with E-state index in [0.29, 0.717) is 5.92 Å². The van der Waals surface area contributed by atoms with Crippen molar-refractivity contribution in [1.29, 1.82) is 0 Å². The number of ketones is 1. The molecule has 0 spiro atoms. The smallest absolute Gasteiger partial charge is 0.156 e. The summed E-state index contributed by atoms with van der Waals surface area (Å²) in [7, 11) is 0. The Labute approximate surface area is 220 Å². The van der Waals surface area contributed by atoms with Gasteiger partial charge in [0.15, 0.2) is 5.78 Å². The Morgan fingerprint density at radius 1 is 1.03 bits per heavy atom. The van der Waals surface area contributed by atoms with E-state index in [0.717, 1.165) is 12.0 Å². The number of hydrogen-bond donors (Lipinski definition) is 0. The molecule has 36 heavy (non-hydrogen) atoms. The van der Waals surface area contributed by atoms with Gasteiger partial charge in [-0.1, -0.05) is 112 Å². The Balaban J connectivity index is 0.000000491. The van der Waals surface area contributed by atoms with E-state index in [1.165, 1.54) is 60.8 Å². The topological polar surface area (TPSA) is 17.1 Å². The zero-order valence-corrected chi connectivity index (χ0v) is 22.6. The highest BCUT2D eigenvalue weighted by atomic mass is 16.1. The van der Waals surface area contributed by atoms with Crippen molar-refractivity contribution < 1.29 is 4.79 Å². The molecule has 0 fully saturated rings. The lowest BCUT2D eigenvalue weighted by Gasteiger charge is -2.13. The van der Waals surface area contributed by atoms with Crippen LogP contribution in [0.1, 0.15) is 78.2 Å². The largest absolute Gasteiger partial charge is 0.295 e. The first-order valence-electron chi connectivity index (χ1n) is 13.3. The van der Waals surface area contributed by atoms with Crippen LogP contribution in [0.3, 0.4) is 0 Å². The summed E-state index contributed by atoms with van der Waals surface area (Å²) in [4.78, 5) is 10.1. The lowest BCUT2D eigenvalue weighted by atomic mass is 9.92. The summed E-state index contributed by atoms with van der Waals surface area (Å²) < 4.78 is 0. The Morgan fingerprint density at radius 2 is 1.75 bits per heavy atom. The van der Waals surface area contributed by atoms with Gasteiger partial charge in [-0.05, 0) is 73.3 Å². The molecule has 0 heterocycles. The van der Waals surface area contributed by atoms with Crippen molar-refractivity contribution in [3.05, 3.63) is 113 Å². The van der Waals surface area contributed by atoms with E-state index in [1.54, 1.807) is 18.4 Å². The van der Waals surface area contributed by atoms with Crippen LogP contribution in [0.25, 0.3) is 5.57 Å². The molecule has 1 atom stereocenters. The molecule has 1 aromatic carbocycles. The van der Waals surface area contributed by atoms with Crippen LogP contribution in [-0.4, -0.2) is 5.78 Å². The molecule has 1 heteroatoms. The fourth-order valence-corrected chi connectivity index (χ4v) is 4.25. The third-order valence-corrected chi connectivity index (χ3v) is 6.51. The first kappa shape index (κ1) is 29.1. The van der Waals surface area contributed by atoms with Crippen molar-refractivity contribution >= 4 is 11.4 Å². The summed E-state index contributed by atoms with van der Waals surface area (Å²) in [6.07, 6.45) is 34.7. The number of terminal acetylenes is 1. The number of benzene rings is 1. The van der Waals surface area contributed by atoms with E-state index < -0.39 is 0 Å². The van der Waals surface area contributed by atoms with E-state index in [-0.39, 0.29) is 5.78 Å². The molecule has 0 saturated carbocycles. The van der Waals surface area contributed by atoms with Crippen LogP contribution in [0, 0.1) is 31.1 Å². The van der Waals surface area contributed by atoms with E-state index in [4.69, 9.17) is 0 Å². The molecule has 1 nitrogen and oxygen atoms in total. The highest BCUT2D eigenvalue weighted by Gasteiger charge is 2.29. The number of hydrogen-bond acceptors (Lipinski definition) is 1. The number of Topliss-reactive ketones (excluding diaryl/α,β-unsaturated/α-hetero) is 1. The molecule has 0 aromatic heterocycles. The summed E-state index contributed by atoms with van der Waals surface area (Å²) in [6, 6.07) is 10.8. The lowest BCUT2D eigenvalue weighted by Crippen LogP contribution is -1.97. The van der Waals surface area contributed by atoms with Crippen molar-refractivity contribution in [2.75, 3.05) is 0 Å². The standard InChI is InChI=1S/C28H35.C5H5O.C2H2/c1-4-5-6-9-18-26-21-28(26)23(3)20-27(25-16-12-8-13-17-25)19-22(2)24-14-10-7-11-15-24;1-4(6)5-2-3-5;1-2/h8,10,12-17,19-21,23H,4-7,9,11,18H2,1-3H3;2-3H,1H3;1-2H/b22-19+,27-20+;;. The fraction of sp³-hybridized carbons (Fsp3) is 0.343. The lowest BCUT2D eigenvalue weighted by molar-refractivity contribution is -0.113. The first-order valence-corrected chi connectivity index (χ1v) is 13.3. The first-order chi connectivity index (χ1) is 17.5. The molecule has 188 valence electrons. The van der Waals surface area contributed by atoms with Gasteiger partial charge in [0.1, 0.15) is 0 Å². The molecule has 3 aliphatic rings. The number of carbonyl (C=O) groups is 1. The molecule has 0 bridgehead atoms. The minimum atomic E-state index is 0.176. The van der Waals surface area contributed by atoms with Gasteiger partial charge in [-0.15, -0.1) is 12.8 Å². The van der Waals surface area contributed by atoms with Crippen molar-refractivity contribution in [1.82, 2.24) is 0 Å². The monoisotopic (exact) mass is 478 g/mol. The average Bonchev–Trinajstić information content (AvgIpc) is 3.83. The predicted molar refractivity (Wildman–Crippen MR) is 157 cm³/mol. The van der Waals surface area contributed by atoms with Gasteiger partial charge in [-0.2, -0.15) is 0 Å². The Hall–Kier alpha value is -3.11. The Morgan fingerprint density at radius 3 is 2.31 bits per heavy atom. The number of allylic oxidation sites excluding steroid dienone is 12. The summed E-state index contributed by atoms with van der Waals surface area (Å²) >= 11 is 0. The van der Waals surface area contributed by atoms with Crippen LogP contribution in [0.2, 0.25) is 0 Å². The molecule has 1 aromatic rings. The van der Waals surface area contributed by atoms with Crippen molar-refractivity contribution in [2.45, 2.75) is 72.6 Å². The normalized spacial score (nSPS) is 17.3. The van der Waals surface area contributed by atoms with Crippen molar-refractivity contribution in [3.8, 4) is 12.8 Å². The van der Waals surface area contributed by atoms with Crippen LogP contribution >= 0.6 is 0 Å². The predicted octanol–water partition coefficient (Wildman–Crippen LogP) is 9.38. The van der Waals surface area contributed by atoms with Crippen LogP contribution in [0.15, 0.2) is 95.2 Å². The molecule has 4 rings (SSSR count). The van der Waals surface area contributed by atoms with Crippen LogP contribution in [0.4, 0.5) is 0 Å². The highest BCUT2D eigenvalue weighted by Crippen LogP contribution is 2.43. The van der Waals surface area contributed by atoms with Crippen molar-refractivity contribution in [3.63, 3.8) is 0 Å². The molecule has 0 saturated heterocycles. The van der Waals surface area contributed by atoms with Gasteiger partial charge in [0, 0.05) is 12.3 Å². The number of unbranched alkanes of at least 4 members (excludes halogenated alkanes) is 3. The van der Waals surface area contributed by atoms with E-state index in [1.807, 2.05) is 12.5 Å². The van der Waals surface area contributed by atoms with Gasteiger partial charge < -0.3 is 0 Å². The second-order valence-corrected chi connectivity index (χ2v) is 9.52. The van der Waals surface area contributed by atoms with Gasteiger partial charge in [0.2, 0.25) is 0 Å². The molecule has 3 aliphatic carbocycles. The van der Waals surface area contributed by atoms with Crippen LogP contribution in [0.5, 0.6) is 0 Å². The van der Waals surface area contributed by atoms with Crippen LogP contribution in [-0.2, 0) is 4.79 Å². The van der Waals surface area contributed by atoms with Crippen LogP contribution < -0.4 is 0 Å². The zero-order chi connectivity index (χ0) is 26.3. The number of rotatable bonds is 11. The average molecular weight is 479 g/mol. The second-order valence-electron chi connectivity index (χ2n) is 9.52. The zero-order valence-electron chi connectivity index (χ0n) is 22.6. The molecule has 0 aliphatic heterocycles. The maximum absolute atomic E-state index is 10.1. The maximum Gasteiger partial charge on any atom is 0.156 e. The Bertz CT molecular complexity index is 1050. The summed E-state index contributed by atoms with van der Waals surface area (Å²) in [5.41, 5.74) is 7.84. The van der Waals surface area contributed by atoms with Gasteiger partial charge in [-0.25, -0.2) is 0 Å². The van der Waals surface area contributed by atoms with E-state index in [9.17, 15) is 4.79 Å². The molecular weight excluding hydrogens is 436 g/mol. The molecule has 0 amide bonds. The fourth-order valence-electron chi connectivity index (χ4n) is 4.25. The van der Waals surface area contributed by atoms with Gasteiger partial charge in [0.25, 0.3) is 0 Å². The quantitative estimate of drug-likeness (QED) is 0.176. The SMILES string of the molecule is C#C.CC(=O)C1=C[CH]1.CCCCCCC1=C[C]1C(C)/C=C(\C=C(/C)C1=CCCC=C1)c1ccccc1. The third kappa shape index (κ3) is 10.2. The summed E-state index contributed by atoms with van der Waals surface area (Å²) in [5, 5.41) is 0. The van der Waals surface area contributed by atoms with Gasteiger partial charge >= 0.3 is 0 Å². The van der Waals surface area contributed by atoms with Gasteiger partial charge in [-0.3, -0.25) is 4.79 Å². The minimum absolute atomic E-state index is 0.176. The molecule has 1 unspecified atom stereocenters. The minimum Gasteiger partial charge on any atom is -0.295 e. The van der Waals surface area contributed by atoms with E-state index in [2.05, 4.69) is 100 Å². The maximum atomic E-state index is 10.1. The van der Waals surface area contributed by atoms with Crippen molar-refractivity contribution in [2.24, 2.45) is 5.92 Å². The van der Waals surface area contributed by atoms with E-state index >= 15 is 0 Å². The number of carbonyl (C=O) groups excluding carboxylic acids is 1. The summed E-state index contributed by atoms with van der Waals surface area (Å²) in [5.74, 6) is 2.22. The highest BCUT2D eigenvalue weighted by molar-refractivity contribution is 6.01. The molecule has 2 radical (unpaired) electrons. The second kappa shape index (κ2) is 15.8. The Kier molecular flexibility index (Phi) is 12.8. The molecule has 0 N–H and O–H groups in total.